The van der Waals surface area contributed by atoms with E-state index in [1.807, 2.05) is 6.08 Å². The number of aromatic hydroxyl groups is 1. The van der Waals surface area contributed by atoms with Crippen LogP contribution >= 0.6 is 0 Å². The summed E-state index contributed by atoms with van der Waals surface area (Å²) in [6.45, 7) is 20.9. The molecule has 1 amide bonds. The van der Waals surface area contributed by atoms with Gasteiger partial charge in [-0.05, 0) is 89.2 Å². The Bertz CT molecular complexity index is 1380. The number of carbonyl (C=O) groups is 3. The second-order valence-corrected chi connectivity index (χ2v) is 22.9. The van der Waals surface area contributed by atoms with Gasteiger partial charge in [-0.2, -0.15) is 0 Å². The molecule has 3 N–H and O–H groups in total. The van der Waals surface area contributed by atoms with E-state index in [2.05, 4.69) is 46.1 Å². The molecule has 57 heavy (non-hydrogen) atoms. The number of esters is 2. The van der Waals surface area contributed by atoms with Crippen LogP contribution in [0.25, 0.3) is 0 Å². The zero-order valence-electron chi connectivity index (χ0n) is 37.0. The lowest BCUT2D eigenvalue weighted by atomic mass is 9.82. The first kappa shape index (κ1) is 50.4. The molecule has 0 radical (unpaired) electrons. The van der Waals surface area contributed by atoms with Gasteiger partial charge in [0, 0.05) is 32.3 Å². The summed E-state index contributed by atoms with van der Waals surface area (Å²) in [6.07, 6.45) is 15.4. The number of rotatable bonds is 26. The van der Waals surface area contributed by atoms with E-state index in [0.717, 1.165) is 44.9 Å². The number of benzene rings is 1. The van der Waals surface area contributed by atoms with Crippen LogP contribution < -0.4 is 5.32 Å². The van der Waals surface area contributed by atoms with E-state index < -0.39 is 55.1 Å². The lowest BCUT2D eigenvalue weighted by Gasteiger charge is -2.38. The smallest absolute Gasteiger partial charge is 0.339 e. The summed E-state index contributed by atoms with van der Waals surface area (Å²) in [5, 5.41) is 24.9. The molecule has 1 aliphatic rings. The molecule has 0 bridgehead atoms. The van der Waals surface area contributed by atoms with Crippen molar-refractivity contribution in [2.45, 2.75) is 186 Å². The molecule has 0 saturated carbocycles. The number of aliphatic hydroxyl groups is 1. The highest BCUT2D eigenvalue weighted by Gasteiger charge is 2.50. The molecule has 326 valence electrons. The van der Waals surface area contributed by atoms with Gasteiger partial charge in [-0.25, -0.2) is 9.59 Å². The standard InChI is InChI=1S/C45H77NO10Si/c1-11-13-14-18-21-28-44(53-32-33-54-44)29-22-19-16-15-17-20-23-37(39(48)46-38(40(49)52-12-2)34-35-24-26-36(47)27-25-35)45(51,41(50)56-42(3,4)5)30-31-55-57(9,10)43(6,7)8/h20,23-27,37-38,47,51H,11-19,21-22,28-34H2,1-10H3,(H,46,48)/b23-20+/t37-,38+,45+/m1/s1. The summed E-state index contributed by atoms with van der Waals surface area (Å²) < 4.78 is 29.7. The monoisotopic (exact) mass is 820 g/mol. The maximum Gasteiger partial charge on any atom is 0.339 e. The predicted molar refractivity (Wildman–Crippen MR) is 227 cm³/mol. The molecule has 1 fully saturated rings. The molecule has 1 aromatic carbocycles. The third-order valence-corrected chi connectivity index (χ3v) is 15.6. The number of ether oxygens (including phenoxy) is 4. The number of nitrogens with one attached hydrogen (secondary N) is 1. The first-order valence-electron chi connectivity index (χ1n) is 21.5. The van der Waals surface area contributed by atoms with Crippen molar-refractivity contribution in [1.29, 1.82) is 0 Å². The predicted octanol–water partition coefficient (Wildman–Crippen LogP) is 9.08. The molecular weight excluding hydrogens is 743 g/mol. The van der Waals surface area contributed by atoms with Crippen LogP contribution in [0.15, 0.2) is 36.4 Å². The zero-order valence-corrected chi connectivity index (χ0v) is 38.0. The Balaban J connectivity index is 2.30. The van der Waals surface area contributed by atoms with Crippen LogP contribution in [0.5, 0.6) is 5.75 Å². The van der Waals surface area contributed by atoms with E-state index in [0.29, 0.717) is 25.2 Å². The average molecular weight is 820 g/mol. The fraction of sp³-hybridized carbons (Fsp3) is 0.756. The third kappa shape index (κ3) is 17.5. The van der Waals surface area contributed by atoms with E-state index in [4.69, 9.17) is 23.4 Å². The Morgan fingerprint density at radius 1 is 0.895 bits per heavy atom. The Kier molecular flexibility index (Phi) is 21.0. The van der Waals surface area contributed by atoms with Gasteiger partial charge >= 0.3 is 11.9 Å². The molecular formula is C45H77NO10Si. The molecule has 0 spiro atoms. The van der Waals surface area contributed by atoms with Gasteiger partial charge < -0.3 is 38.9 Å². The van der Waals surface area contributed by atoms with Crippen molar-refractivity contribution < 1.29 is 48.0 Å². The molecule has 2 rings (SSSR count). The number of hydrogen-bond acceptors (Lipinski definition) is 10. The van der Waals surface area contributed by atoms with Crippen molar-refractivity contribution in [3.63, 3.8) is 0 Å². The first-order valence-corrected chi connectivity index (χ1v) is 24.4. The lowest BCUT2D eigenvalue weighted by Crippen LogP contribution is -2.57. The highest BCUT2D eigenvalue weighted by atomic mass is 28.4. The van der Waals surface area contributed by atoms with Crippen molar-refractivity contribution >= 4 is 26.2 Å². The van der Waals surface area contributed by atoms with Gasteiger partial charge in [0.1, 0.15) is 17.4 Å². The quantitative estimate of drug-likeness (QED) is 0.0358. The molecule has 0 unspecified atom stereocenters. The minimum Gasteiger partial charge on any atom is -0.508 e. The average Bonchev–Trinajstić information content (AvgIpc) is 3.58. The number of hydrogen-bond donors (Lipinski definition) is 3. The van der Waals surface area contributed by atoms with Crippen molar-refractivity contribution in [2.75, 3.05) is 26.4 Å². The van der Waals surface area contributed by atoms with Crippen molar-refractivity contribution in [3.8, 4) is 5.75 Å². The second kappa shape index (κ2) is 23.7. The van der Waals surface area contributed by atoms with Crippen molar-refractivity contribution in [3.05, 3.63) is 42.0 Å². The Morgan fingerprint density at radius 2 is 1.47 bits per heavy atom. The Hall–Kier alpha value is -2.77. The van der Waals surface area contributed by atoms with E-state index in [1.165, 1.54) is 37.8 Å². The molecule has 0 aliphatic carbocycles. The van der Waals surface area contributed by atoms with Crippen LogP contribution in [0.3, 0.4) is 0 Å². The van der Waals surface area contributed by atoms with Gasteiger partial charge in [0.05, 0.1) is 25.7 Å². The van der Waals surface area contributed by atoms with Gasteiger partial charge in [0.25, 0.3) is 0 Å². The number of phenols is 1. The summed E-state index contributed by atoms with van der Waals surface area (Å²) in [5.41, 5.74) is -2.60. The molecule has 0 aromatic heterocycles. The van der Waals surface area contributed by atoms with Crippen LogP contribution in [0.4, 0.5) is 0 Å². The second-order valence-electron chi connectivity index (χ2n) is 18.1. The molecule has 12 heteroatoms. The Labute approximate surface area is 345 Å². The minimum absolute atomic E-state index is 0.0202. The van der Waals surface area contributed by atoms with Crippen molar-refractivity contribution in [2.24, 2.45) is 5.92 Å². The fourth-order valence-electron chi connectivity index (χ4n) is 6.61. The molecule has 1 aromatic rings. The first-order chi connectivity index (χ1) is 26.7. The van der Waals surface area contributed by atoms with E-state index in [9.17, 15) is 24.6 Å². The number of amides is 1. The van der Waals surface area contributed by atoms with Crippen LogP contribution in [0.2, 0.25) is 18.1 Å². The third-order valence-electron chi connectivity index (χ3n) is 11.0. The highest BCUT2D eigenvalue weighted by Crippen LogP contribution is 2.38. The number of unbranched alkanes of at least 4 members (excludes halogenated alkanes) is 8. The summed E-state index contributed by atoms with van der Waals surface area (Å²) in [7, 11) is -2.30. The van der Waals surface area contributed by atoms with Crippen molar-refractivity contribution in [1.82, 2.24) is 5.32 Å². The topological polar surface area (TPSA) is 150 Å². The summed E-state index contributed by atoms with van der Waals surface area (Å²) in [4.78, 5) is 41.6. The van der Waals surface area contributed by atoms with Gasteiger partial charge in [-0.1, -0.05) is 90.5 Å². The molecule has 1 aliphatic heterocycles. The highest BCUT2D eigenvalue weighted by molar-refractivity contribution is 6.74. The van der Waals surface area contributed by atoms with Crippen LogP contribution in [0.1, 0.15) is 144 Å². The lowest BCUT2D eigenvalue weighted by molar-refractivity contribution is -0.185. The summed E-state index contributed by atoms with van der Waals surface area (Å²) in [6, 6.07) is 5.18. The number of allylic oxidation sites excluding steroid dienone is 1. The Morgan fingerprint density at radius 3 is 2.02 bits per heavy atom. The molecule has 1 saturated heterocycles. The maximum absolute atomic E-state index is 14.4. The fourth-order valence-corrected chi connectivity index (χ4v) is 7.65. The van der Waals surface area contributed by atoms with Crippen LogP contribution in [0, 0.1) is 5.92 Å². The number of phenolic OH excluding ortho intramolecular Hbond substituents is 1. The number of carbonyl (C=O) groups excluding carboxylic acids is 3. The van der Waals surface area contributed by atoms with E-state index >= 15 is 0 Å². The largest absolute Gasteiger partial charge is 0.508 e. The van der Waals surface area contributed by atoms with Crippen LogP contribution in [-0.2, 0) is 44.2 Å². The van der Waals surface area contributed by atoms with Gasteiger partial charge in [0.2, 0.25) is 5.91 Å². The molecule has 1 heterocycles. The van der Waals surface area contributed by atoms with Crippen LogP contribution in [-0.4, -0.2) is 85.8 Å². The SMILES string of the molecule is CCCCCCCC1(CCCCCC/C=C/[C@H](C(=O)N[C@@H](Cc2ccc(O)cc2)C(=O)OCC)[C@@](O)(CCO[Si](C)(C)C(C)(C)C)C(=O)OC(C)(C)C)OCCO1. The zero-order chi connectivity index (χ0) is 42.8. The molecule has 3 atom stereocenters. The van der Waals surface area contributed by atoms with Gasteiger partial charge in [0.15, 0.2) is 19.7 Å². The minimum atomic E-state index is -2.32. The van der Waals surface area contributed by atoms with E-state index in [-0.39, 0.29) is 36.8 Å². The van der Waals surface area contributed by atoms with Gasteiger partial charge in [-0.15, -0.1) is 0 Å². The normalized spacial score (nSPS) is 16.9. The van der Waals surface area contributed by atoms with E-state index in [1.54, 1.807) is 45.9 Å². The maximum atomic E-state index is 14.4. The summed E-state index contributed by atoms with van der Waals surface area (Å²) >= 11 is 0. The summed E-state index contributed by atoms with van der Waals surface area (Å²) in [5.74, 6) is -4.13. The van der Waals surface area contributed by atoms with Gasteiger partial charge in [-0.3, -0.25) is 4.79 Å². The molecule has 11 nitrogen and oxygen atoms in total.